The van der Waals surface area contributed by atoms with Crippen LogP contribution in [0.25, 0.3) is 0 Å². The van der Waals surface area contributed by atoms with E-state index in [1.54, 1.807) is 46.2 Å². The van der Waals surface area contributed by atoms with E-state index in [9.17, 15) is 18.4 Å². The summed E-state index contributed by atoms with van der Waals surface area (Å²) in [5.41, 5.74) is 3.06. The van der Waals surface area contributed by atoms with Crippen LogP contribution in [-0.2, 0) is 6.54 Å². The molecule has 3 aromatic carbocycles. The van der Waals surface area contributed by atoms with E-state index in [-0.39, 0.29) is 18.5 Å². The van der Waals surface area contributed by atoms with Gasteiger partial charge in [-0.15, -0.1) is 0 Å². The van der Waals surface area contributed by atoms with Crippen LogP contribution in [0.5, 0.6) is 0 Å². The molecule has 0 radical (unpaired) electrons. The minimum Gasteiger partial charge on any atom is -0.320 e. The Morgan fingerprint density at radius 3 is 2.50 bits per heavy atom. The quantitative estimate of drug-likeness (QED) is 0.587. The number of nitrogens with one attached hydrogen (secondary N) is 1. The Morgan fingerprint density at radius 1 is 0.969 bits per heavy atom. The van der Waals surface area contributed by atoms with E-state index in [0.29, 0.717) is 42.0 Å². The minimum atomic E-state index is -0.937. The number of aryl methyl sites for hydroxylation is 1. The lowest BCUT2D eigenvalue weighted by Gasteiger charge is -2.36. The lowest BCUT2D eigenvalue weighted by molar-refractivity contribution is 0.102. The Bertz CT molecular complexity index is 1170. The number of carbonyl (C=O) groups excluding carboxylic acids is 2. The monoisotopic (exact) mass is 435 g/mol. The Morgan fingerprint density at radius 2 is 1.72 bits per heavy atom. The average molecular weight is 435 g/mol. The zero-order valence-corrected chi connectivity index (χ0v) is 17.6. The second kappa shape index (κ2) is 9.18. The number of para-hydroxylation sites is 2. The predicted molar refractivity (Wildman–Crippen MR) is 120 cm³/mol. The Hall–Kier alpha value is -3.74. The van der Waals surface area contributed by atoms with Crippen molar-refractivity contribution in [1.29, 1.82) is 0 Å². The fourth-order valence-electron chi connectivity index (χ4n) is 3.84. The largest absolute Gasteiger partial charge is 0.324 e. The fourth-order valence-corrected chi connectivity index (χ4v) is 3.84. The summed E-state index contributed by atoms with van der Waals surface area (Å²) in [6, 6.07) is 17.8. The summed E-state index contributed by atoms with van der Waals surface area (Å²) in [6.45, 7) is 3.03. The Kier molecular flexibility index (Phi) is 6.16. The van der Waals surface area contributed by atoms with E-state index >= 15 is 0 Å². The van der Waals surface area contributed by atoms with Crippen LogP contribution in [0.1, 0.15) is 27.9 Å². The number of carbonyl (C=O) groups is 2. The third kappa shape index (κ3) is 4.46. The molecule has 1 heterocycles. The van der Waals surface area contributed by atoms with Gasteiger partial charge in [-0.3, -0.25) is 9.69 Å². The van der Waals surface area contributed by atoms with Crippen molar-refractivity contribution < 1.29 is 18.4 Å². The number of urea groups is 1. The standard InChI is InChI=1S/C25H23F2N3O2/c1-17-7-2-3-8-19(17)24(31)28-22-9-4-5-10-23(22)30-14-6-13-29(25(30)32)16-18-11-12-20(26)21(27)15-18/h2-5,7-12,15H,6,13-14,16H2,1H3,(H,28,31). The molecule has 32 heavy (non-hydrogen) atoms. The summed E-state index contributed by atoms with van der Waals surface area (Å²) in [4.78, 5) is 29.2. The summed E-state index contributed by atoms with van der Waals surface area (Å²) in [7, 11) is 0. The number of rotatable bonds is 5. The molecule has 7 heteroatoms. The third-order valence-corrected chi connectivity index (χ3v) is 5.50. The molecule has 0 unspecified atom stereocenters. The topological polar surface area (TPSA) is 52.7 Å². The molecule has 1 aliphatic rings. The van der Waals surface area contributed by atoms with Crippen molar-refractivity contribution in [3.8, 4) is 0 Å². The van der Waals surface area contributed by atoms with Gasteiger partial charge in [0.05, 0.1) is 11.4 Å². The van der Waals surface area contributed by atoms with Crippen LogP contribution >= 0.6 is 0 Å². The molecule has 0 bridgehead atoms. The second-order valence-electron chi connectivity index (χ2n) is 7.74. The molecule has 0 spiro atoms. The lowest BCUT2D eigenvalue weighted by Crippen LogP contribution is -2.49. The van der Waals surface area contributed by atoms with Crippen LogP contribution in [0, 0.1) is 18.6 Å². The van der Waals surface area contributed by atoms with Gasteiger partial charge in [-0.25, -0.2) is 13.6 Å². The van der Waals surface area contributed by atoms with Crippen LogP contribution in [-0.4, -0.2) is 29.9 Å². The molecule has 1 fully saturated rings. The molecule has 1 N–H and O–H groups in total. The molecule has 5 nitrogen and oxygen atoms in total. The van der Waals surface area contributed by atoms with Crippen LogP contribution in [0.3, 0.4) is 0 Å². The second-order valence-corrected chi connectivity index (χ2v) is 7.74. The molecule has 0 aromatic heterocycles. The predicted octanol–water partition coefficient (Wildman–Crippen LogP) is 5.36. The number of anilines is 2. The van der Waals surface area contributed by atoms with Crippen molar-refractivity contribution in [2.24, 2.45) is 0 Å². The van der Waals surface area contributed by atoms with Crippen molar-refractivity contribution in [2.75, 3.05) is 23.3 Å². The highest BCUT2D eigenvalue weighted by molar-refractivity contribution is 6.08. The molecule has 0 atom stereocenters. The summed E-state index contributed by atoms with van der Waals surface area (Å²) >= 11 is 0. The highest BCUT2D eigenvalue weighted by atomic mass is 19.2. The third-order valence-electron chi connectivity index (χ3n) is 5.50. The molecule has 1 aliphatic heterocycles. The van der Waals surface area contributed by atoms with E-state index in [1.165, 1.54) is 6.07 Å². The Balaban J connectivity index is 1.55. The maximum absolute atomic E-state index is 13.6. The first-order chi connectivity index (χ1) is 15.4. The molecule has 1 saturated heterocycles. The van der Waals surface area contributed by atoms with Gasteiger partial charge in [-0.2, -0.15) is 0 Å². The first-order valence-corrected chi connectivity index (χ1v) is 10.4. The molecule has 3 amide bonds. The van der Waals surface area contributed by atoms with Gasteiger partial charge >= 0.3 is 6.03 Å². The van der Waals surface area contributed by atoms with Gasteiger partial charge in [0.1, 0.15) is 0 Å². The van der Waals surface area contributed by atoms with E-state index in [2.05, 4.69) is 5.32 Å². The number of nitrogens with zero attached hydrogens (tertiary/aromatic N) is 2. The molecule has 4 rings (SSSR count). The smallest absolute Gasteiger partial charge is 0.320 e. The average Bonchev–Trinajstić information content (AvgIpc) is 2.78. The first kappa shape index (κ1) is 21.5. The lowest BCUT2D eigenvalue weighted by atomic mass is 10.1. The summed E-state index contributed by atoms with van der Waals surface area (Å²) in [5, 5.41) is 2.92. The maximum atomic E-state index is 13.6. The SMILES string of the molecule is Cc1ccccc1C(=O)Nc1ccccc1N1CCCN(Cc2ccc(F)c(F)c2)C1=O. The van der Waals surface area contributed by atoms with Crippen molar-refractivity contribution >= 4 is 23.3 Å². The molecule has 0 aliphatic carbocycles. The van der Waals surface area contributed by atoms with Crippen molar-refractivity contribution in [2.45, 2.75) is 19.9 Å². The normalized spacial score (nSPS) is 13.9. The van der Waals surface area contributed by atoms with Gasteiger partial charge < -0.3 is 10.2 Å². The number of amides is 3. The van der Waals surface area contributed by atoms with Crippen molar-refractivity contribution in [3.05, 3.63) is 95.1 Å². The Labute approximate surface area is 185 Å². The number of hydrogen-bond acceptors (Lipinski definition) is 2. The molecule has 164 valence electrons. The van der Waals surface area contributed by atoms with Crippen LogP contribution in [0.4, 0.5) is 25.0 Å². The zero-order chi connectivity index (χ0) is 22.7. The maximum Gasteiger partial charge on any atom is 0.324 e. The van der Waals surface area contributed by atoms with E-state index in [4.69, 9.17) is 0 Å². The van der Waals surface area contributed by atoms with Gasteiger partial charge in [-0.05, 0) is 54.8 Å². The summed E-state index contributed by atoms with van der Waals surface area (Å²) in [6.07, 6.45) is 0.704. The zero-order valence-electron chi connectivity index (χ0n) is 17.6. The summed E-state index contributed by atoms with van der Waals surface area (Å²) < 4.78 is 26.8. The van der Waals surface area contributed by atoms with E-state index in [0.717, 1.165) is 17.7 Å². The minimum absolute atomic E-state index is 0.171. The molecular weight excluding hydrogens is 412 g/mol. The number of hydrogen-bond donors (Lipinski definition) is 1. The highest BCUT2D eigenvalue weighted by Crippen LogP contribution is 2.30. The van der Waals surface area contributed by atoms with Crippen LogP contribution < -0.4 is 10.2 Å². The van der Waals surface area contributed by atoms with E-state index in [1.807, 2.05) is 19.1 Å². The number of halogens is 2. The molecule has 0 saturated carbocycles. The van der Waals surface area contributed by atoms with Gasteiger partial charge in [0, 0.05) is 25.2 Å². The van der Waals surface area contributed by atoms with Gasteiger partial charge in [0.2, 0.25) is 0 Å². The van der Waals surface area contributed by atoms with E-state index < -0.39 is 11.6 Å². The van der Waals surface area contributed by atoms with Gasteiger partial charge in [0.25, 0.3) is 5.91 Å². The van der Waals surface area contributed by atoms with Crippen LogP contribution in [0.15, 0.2) is 66.7 Å². The molecular formula is C25H23F2N3O2. The first-order valence-electron chi connectivity index (χ1n) is 10.4. The van der Waals surface area contributed by atoms with Crippen LogP contribution in [0.2, 0.25) is 0 Å². The van der Waals surface area contributed by atoms with Gasteiger partial charge in [0.15, 0.2) is 11.6 Å². The van der Waals surface area contributed by atoms with Crippen molar-refractivity contribution in [3.63, 3.8) is 0 Å². The highest BCUT2D eigenvalue weighted by Gasteiger charge is 2.28. The molecule has 3 aromatic rings. The van der Waals surface area contributed by atoms with Crippen molar-refractivity contribution in [1.82, 2.24) is 4.90 Å². The number of benzene rings is 3. The summed E-state index contributed by atoms with van der Waals surface area (Å²) in [5.74, 6) is -2.11. The fraction of sp³-hybridized carbons (Fsp3) is 0.200. The van der Waals surface area contributed by atoms with Gasteiger partial charge in [-0.1, -0.05) is 36.4 Å².